The summed E-state index contributed by atoms with van der Waals surface area (Å²) in [5.74, 6) is 0.480. The first-order valence-electron chi connectivity index (χ1n) is 10.6. The fourth-order valence-corrected chi connectivity index (χ4v) is 5.39. The van der Waals surface area contributed by atoms with E-state index in [0.29, 0.717) is 38.0 Å². The van der Waals surface area contributed by atoms with Crippen LogP contribution in [-0.2, 0) is 4.79 Å². The summed E-state index contributed by atoms with van der Waals surface area (Å²) in [4.78, 5) is 29.5. The van der Waals surface area contributed by atoms with E-state index < -0.39 is 5.82 Å². The second kappa shape index (κ2) is 9.43. The van der Waals surface area contributed by atoms with E-state index in [9.17, 15) is 14.0 Å². The molecule has 4 rings (SSSR count). The molecule has 29 heavy (non-hydrogen) atoms. The summed E-state index contributed by atoms with van der Waals surface area (Å²) >= 11 is 0. The number of carbonyl (C=O) groups excluding carboxylic acids is 2. The molecular formula is C22H31ClFN3O2. The molecule has 2 aliphatic carbocycles. The molecule has 0 spiro atoms. The molecule has 2 amide bonds. The van der Waals surface area contributed by atoms with Crippen molar-refractivity contribution >= 4 is 24.2 Å². The molecule has 1 heterocycles. The summed E-state index contributed by atoms with van der Waals surface area (Å²) in [7, 11) is 0. The van der Waals surface area contributed by atoms with Crippen molar-refractivity contribution in [2.24, 2.45) is 23.5 Å². The van der Waals surface area contributed by atoms with Gasteiger partial charge in [-0.1, -0.05) is 18.6 Å². The molecule has 1 aliphatic heterocycles. The molecule has 7 heteroatoms. The third-order valence-electron chi connectivity index (χ3n) is 6.96. The van der Waals surface area contributed by atoms with Gasteiger partial charge in [-0.2, -0.15) is 0 Å². The van der Waals surface area contributed by atoms with Gasteiger partial charge in [0, 0.05) is 38.1 Å². The fraction of sp³-hybridized carbons (Fsp3) is 0.636. The van der Waals surface area contributed by atoms with Crippen LogP contribution in [0.2, 0.25) is 0 Å². The van der Waals surface area contributed by atoms with Crippen molar-refractivity contribution < 1.29 is 14.0 Å². The van der Waals surface area contributed by atoms with Crippen molar-refractivity contribution in [2.45, 2.75) is 44.6 Å². The van der Waals surface area contributed by atoms with Gasteiger partial charge in [-0.3, -0.25) is 9.59 Å². The summed E-state index contributed by atoms with van der Waals surface area (Å²) in [6.45, 7) is 2.20. The second-order valence-electron chi connectivity index (χ2n) is 8.65. The van der Waals surface area contributed by atoms with Gasteiger partial charge in [-0.05, 0) is 56.1 Å². The fourth-order valence-electron chi connectivity index (χ4n) is 5.39. The van der Waals surface area contributed by atoms with Crippen molar-refractivity contribution in [1.82, 2.24) is 9.80 Å². The first kappa shape index (κ1) is 22.0. The number of amides is 2. The van der Waals surface area contributed by atoms with Gasteiger partial charge >= 0.3 is 0 Å². The quantitative estimate of drug-likeness (QED) is 0.794. The summed E-state index contributed by atoms with van der Waals surface area (Å²) in [5, 5.41) is 0. The Morgan fingerprint density at radius 2 is 1.55 bits per heavy atom. The number of halogens is 2. The Morgan fingerprint density at radius 3 is 2.24 bits per heavy atom. The van der Waals surface area contributed by atoms with Crippen LogP contribution in [0.15, 0.2) is 24.3 Å². The zero-order valence-corrected chi connectivity index (χ0v) is 17.6. The molecule has 1 aromatic carbocycles. The Balaban J connectivity index is 0.00000240. The molecule has 0 aromatic heterocycles. The van der Waals surface area contributed by atoms with Gasteiger partial charge in [0.25, 0.3) is 5.91 Å². The van der Waals surface area contributed by atoms with Crippen molar-refractivity contribution in [3.05, 3.63) is 35.6 Å². The van der Waals surface area contributed by atoms with Crippen molar-refractivity contribution in [2.75, 3.05) is 26.2 Å². The van der Waals surface area contributed by atoms with Crippen molar-refractivity contribution in [1.29, 1.82) is 0 Å². The lowest BCUT2D eigenvalue weighted by Crippen LogP contribution is -2.50. The van der Waals surface area contributed by atoms with Crippen LogP contribution in [0, 0.1) is 23.6 Å². The second-order valence-corrected chi connectivity index (χ2v) is 8.65. The van der Waals surface area contributed by atoms with Gasteiger partial charge in [-0.25, -0.2) is 4.39 Å². The SMILES string of the molecule is Cl.NC1C2CCCC1CC(C(=O)N1CCCN(C(=O)c3ccccc3F)CC1)C2. The van der Waals surface area contributed by atoms with E-state index in [0.717, 1.165) is 32.1 Å². The molecule has 5 nitrogen and oxygen atoms in total. The summed E-state index contributed by atoms with van der Waals surface area (Å²) in [6.07, 6.45) is 6.07. The van der Waals surface area contributed by atoms with Crippen LogP contribution in [0.25, 0.3) is 0 Å². The van der Waals surface area contributed by atoms with E-state index in [1.165, 1.54) is 18.6 Å². The van der Waals surface area contributed by atoms with Crippen LogP contribution in [0.1, 0.15) is 48.9 Å². The van der Waals surface area contributed by atoms with E-state index in [-0.39, 0.29) is 41.7 Å². The number of carbonyl (C=O) groups is 2. The molecule has 2 N–H and O–H groups in total. The highest BCUT2D eigenvalue weighted by Crippen LogP contribution is 2.42. The van der Waals surface area contributed by atoms with Gasteiger partial charge in [-0.15, -0.1) is 12.4 Å². The first-order chi connectivity index (χ1) is 13.5. The summed E-state index contributed by atoms with van der Waals surface area (Å²) in [6, 6.07) is 6.35. The molecule has 160 valence electrons. The van der Waals surface area contributed by atoms with Crippen LogP contribution in [-0.4, -0.2) is 53.8 Å². The van der Waals surface area contributed by atoms with E-state index in [1.54, 1.807) is 17.0 Å². The molecule has 2 bridgehead atoms. The Labute approximate surface area is 178 Å². The number of rotatable bonds is 2. The first-order valence-corrected chi connectivity index (χ1v) is 10.6. The highest BCUT2D eigenvalue weighted by molar-refractivity contribution is 5.94. The average Bonchev–Trinajstić information content (AvgIpc) is 2.93. The lowest BCUT2D eigenvalue weighted by molar-refractivity contribution is -0.138. The molecule has 2 atom stereocenters. The number of fused-ring (bicyclic) bond motifs is 2. The van der Waals surface area contributed by atoms with Crippen molar-refractivity contribution in [3.8, 4) is 0 Å². The number of benzene rings is 1. The van der Waals surface area contributed by atoms with Gasteiger partial charge in [0.1, 0.15) is 5.82 Å². The Morgan fingerprint density at radius 1 is 0.931 bits per heavy atom. The maximum absolute atomic E-state index is 14.0. The van der Waals surface area contributed by atoms with Crippen LogP contribution in [0.5, 0.6) is 0 Å². The summed E-state index contributed by atoms with van der Waals surface area (Å²) < 4.78 is 14.0. The van der Waals surface area contributed by atoms with Crippen molar-refractivity contribution in [3.63, 3.8) is 0 Å². The Bertz CT molecular complexity index is 733. The van der Waals surface area contributed by atoms with Gasteiger partial charge in [0.15, 0.2) is 0 Å². The van der Waals surface area contributed by atoms with Crippen LogP contribution >= 0.6 is 12.4 Å². The molecule has 1 aromatic rings. The Hall–Kier alpha value is -1.66. The third-order valence-corrected chi connectivity index (χ3v) is 6.96. The highest BCUT2D eigenvalue weighted by Gasteiger charge is 2.41. The average molecular weight is 424 g/mol. The highest BCUT2D eigenvalue weighted by atomic mass is 35.5. The topological polar surface area (TPSA) is 66.6 Å². The molecule has 1 saturated heterocycles. The minimum absolute atomic E-state index is 0. The normalized spacial score (nSPS) is 29.6. The van der Waals surface area contributed by atoms with Gasteiger partial charge < -0.3 is 15.5 Å². The van der Waals surface area contributed by atoms with Gasteiger partial charge in [0.05, 0.1) is 5.56 Å². The minimum atomic E-state index is -0.491. The molecule has 2 unspecified atom stereocenters. The lowest BCUT2D eigenvalue weighted by Gasteiger charge is -2.44. The van der Waals surface area contributed by atoms with Gasteiger partial charge in [0.2, 0.25) is 5.91 Å². The Kier molecular flexibility index (Phi) is 7.17. The number of nitrogens with zero attached hydrogens (tertiary/aromatic N) is 2. The molecule has 2 saturated carbocycles. The standard InChI is InChI=1S/C22H30FN3O2.ClH/c23-19-8-2-1-7-18(19)22(28)26-10-4-9-25(11-12-26)21(27)17-13-15-5-3-6-16(14-17)20(15)24;/h1-2,7-8,15-17,20H,3-6,9-14,24H2;1H. The predicted octanol–water partition coefficient (Wildman–Crippen LogP) is 3.08. The maximum atomic E-state index is 14.0. The number of nitrogens with two attached hydrogens (primary N) is 1. The minimum Gasteiger partial charge on any atom is -0.341 e. The number of hydrogen-bond acceptors (Lipinski definition) is 3. The zero-order valence-electron chi connectivity index (χ0n) is 16.8. The van der Waals surface area contributed by atoms with Crippen LogP contribution in [0.4, 0.5) is 4.39 Å². The summed E-state index contributed by atoms with van der Waals surface area (Å²) in [5.41, 5.74) is 6.48. The van der Waals surface area contributed by atoms with Crippen LogP contribution in [0.3, 0.4) is 0 Å². The van der Waals surface area contributed by atoms with E-state index >= 15 is 0 Å². The smallest absolute Gasteiger partial charge is 0.256 e. The van der Waals surface area contributed by atoms with Crippen LogP contribution < -0.4 is 5.73 Å². The predicted molar refractivity (Wildman–Crippen MR) is 112 cm³/mol. The number of hydrogen-bond donors (Lipinski definition) is 1. The van der Waals surface area contributed by atoms with E-state index in [2.05, 4.69) is 0 Å². The molecule has 0 radical (unpaired) electrons. The van der Waals surface area contributed by atoms with E-state index in [1.807, 2.05) is 4.90 Å². The van der Waals surface area contributed by atoms with E-state index in [4.69, 9.17) is 5.73 Å². The molecule has 3 fully saturated rings. The molecular weight excluding hydrogens is 393 g/mol. The third kappa shape index (κ3) is 4.58. The monoisotopic (exact) mass is 423 g/mol. The zero-order chi connectivity index (χ0) is 19.7. The largest absolute Gasteiger partial charge is 0.341 e. The lowest BCUT2D eigenvalue weighted by atomic mass is 9.65. The maximum Gasteiger partial charge on any atom is 0.256 e. The molecule has 3 aliphatic rings.